The van der Waals surface area contributed by atoms with Gasteiger partial charge in [0.05, 0.1) is 29.3 Å². The van der Waals surface area contributed by atoms with Crippen LogP contribution in [0.1, 0.15) is 35.9 Å². The fraction of sp³-hybridized carbons (Fsp3) is 0.438. The van der Waals surface area contributed by atoms with E-state index in [1.54, 1.807) is 13.0 Å². The summed E-state index contributed by atoms with van der Waals surface area (Å²) in [6, 6.07) is 5.52. The molecule has 0 amide bonds. The van der Waals surface area contributed by atoms with E-state index in [9.17, 15) is 9.90 Å². The van der Waals surface area contributed by atoms with Crippen LogP contribution in [-0.4, -0.2) is 38.6 Å². The molecule has 1 unspecified atom stereocenters. The van der Waals surface area contributed by atoms with Gasteiger partial charge in [-0.3, -0.25) is 0 Å². The van der Waals surface area contributed by atoms with E-state index in [0.717, 1.165) is 18.4 Å². The molecule has 1 heterocycles. The van der Waals surface area contributed by atoms with E-state index in [2.05, 4.69) is 10.1 Å². The average molecular weight is 372 g/mol. The summed E-state index contributed by atoms with van der Waals surface area (Å²) in [7, 11) is 0. The first kappa shape index (κ1) is 18.7. The second-order valence-corrected chi connectivity index (χ2v) is 6.05. The van der Waals surface area contributed by atoms with Crippen molar-refractivity contribution in [3.63, 3.8) is 0 Å². The first-order valence-corrected chi connectivity index (χ1v) is 8.44. The summed E-state index contributed by atoms with van der Waals surface area (Å²) in [5, 5.41) is 15.2. The topological polar surface area (TPSA) is 77.2 Å². The fourth-order valence-corrected chi connectivity index (χ4v) is 2.66. The maximum Gasteiger partial charge on any atom is 0.378 e. The zero-order chi connectivity index (χ0) is 17.5. The van der Waals surface area contributed by atoms with Crippen molar-refractivity contribution in [1.29, 1.82) is 0 Å². The molecule has 0 spiro atoms. The molecule has 6 nitrogen and oxygen atoms in total. The van der Waals surface area contributed by atoms with Gasteiger partial charge < -0.3 is 9.84 Å². The molecule has 0 aliphatic heterocycles. The maximum absolute atomic E-state index is 11.5. The largest absolute Gasteiger partial charge is 0.460 e. The Morgan fingerprint density at radius 1 is 1.42 bits per heavy atom. The minimum atomic E-state index is -0.597. The molecular formula is C16H19Cl2N3O3. The number of carbonyl (C=O) groups excluding carboxylic acids is 1. The van der Waals surface area contributed by atoms with Gasteiger partial charge in [-0.15, -0.1) is 5.10 Å². The van der Waals surface area contributed by atoms with Crippen molar-refractivity contribution in [3.8, 4) is 0 Å². The number of carbonyl (C=O) groups is 1. The Bertz CT molecular complexity index is 691. The van der Waals surface area contributed by atoms with Crippen LogP contribution in [0.15, 0.2) is 24.5 Å². The van der Waals surface area contributed by atoms with Crippen LogP contribution in [0.4, 0.5) is 0 Å². The van der Waals surface area contributed by atoms with Crippen LogP contribution in [0.5, 0.6) is 0 Å². The normalized spacial score (nSPS) is 12.2. The molecule has 2 rings (SSSR count). The lowest BCUT2D eigenvalue weighted by Crippen LogP contribution is -2.17. The predicted octanol–water partition coefficient (Wildman–Crippen LogP) is 3.15. The molecule has 0 saturated heterocycles. The molecule has 8 heteroatoms. The third-order valence-electron chi connectivity index (χ3n) is 3.41. The average Bonchev–Trinajstić information content (AvgIpc) is 3.00. The van der Waals surface area contributed by atoms with Gasteiger partial charge in [0.15, 0.2) is 0 Å². The molecule has 0 saturated carbocycles. The molecule has 0 aliphatic carbocycles. The Balaban J connectivity index is 1.80. The summed E-state index contributed by atoms with van der Waals surface area (Å²) in [6.45, 7) is 2.24. The van der Waals surface area contributed by atoms with Gasteiger partial charge in [0.25, 0.3) is 5.82 Å². The SMILES string of the molecule is CCOC(=O)c1ncn(CC(O)CCCc2cccc(Cl)c2Cl)n1. The summed E-state index contributed by atoms with van der Waals surface area (Å²) in [5.74, 6) is -0.573. The molecule has 0 aliphatic rings. The summed E-state index contributed by atoms with van der Waals surface area (Å²) < 4.78 is 6.25. The summed E-state index contributed by atoms with van der Waals surface area (Å²) in [4.78, 5) is 15.4. The second-order valence-electron chi connectivity index (χ2n) is 5.27. The van der Waals surface area contributed by atoms with Gasteiger partial charge in [-0.25, -0.2) is 14.5 Å². The van der Waals surface area contributed by atoms with E-state index in [4.69, 9.17) is 27.9 Å². The quantitative estimate of drug-likeness (QED) is 0.721. The molecule has 0 radical (unpaired) electrons. The third kappa shape index (κ3) is 5.19. The Labute approximate surface area is 150 Å². The van der Waals surface area contributed by atoms with Gasteiger partial charge in [0.2, 0.25) is 0 Å². The monoisotopic (exact) mass is 371 g/mol. The molecule has 2 aromatic rings. The Kier molecular flexibility index (Phi) is 7.02. The van der Waals surface area contributed by atoms with Crippen molar-refractivity contribution < 1.29 is 14.6 Å². The van der Waals surface area contributed by atoms with E-state index in [0.29, 0.717) is 16.5 Å². The molecule has 1 aromatic heterocycles. The van der Waals surface area contributed by atoms with Crippen LogP contribution in [0, 0.1) is 0 Å². The number of aliphatic hydroxyl groups excluding tert-OH is 1. The molecule has 0 fully saturated rings. The van der Waals surface area contributed by atoms with Gasteiger partial charge in [-0.05, 0) is 37.8 Å². The third-order valence-corrected chi connectivity index (χ3v) is 4.27. The van der Waals surface area contributed by atoms with Gasteiger partial charge >= 0.3 is 5.97 Å². The van der Waals surface area contributed by atoms with Gasteiger partial charge in [-0.1, -0.05) is 35.3 Å². The number of halogens is 2. The second kappa shape index (κ2) is 9.01. The summed E-state index contributed by atoms with van der Waals surface area (Å²) >= 11 is 12.1. The predicted molar refractivity (Wildman–Crippen MR) is 91.4 cm³/mol. The summed E-state index contributed by atoms with van der Waals surface area (Å²) in [5.41, 5.74) is 0.960. The van der Waals surface area contributed by atoms with E-state index >= 15 is 0 Å². The van der Waals surface area contributed by atoms with Gasteiger partial charge in [0.1, 0.15) is 6.33 Å². The lowest BCUT2D eigenvalue weighted by atomic mass is 10.1. The highest BCUT2D eigenvalue weighted by atomic mass is 35.5. The molecular weight excluding hydrogens is 353 g/mol. The number of aliphatic hydroxyl groups is 1. The van der Waals surface area contributed by atoms with Crippen LogP contribution >= 0.6 is 23.2 Å². The lowest BCUT2D eigenvalue weighted by molar-refractivity contribution is 0.0510. The number of aryl methyl sites for hydroxylation is 1. The molecule has 24 heavy (non-hydrogen) atoms. The number of esters is 1. The zero-order valence-corrected chi connectivity index (χ0v) is 14.8. The number of benzene rings is 1. The highest BCUT2D eigenvalue weighted by Crippen LogP contribution is 2.26. The molecule has 1 aromatic carbocycles. The van der Waals surface area contributed by atoms with Crippen molar-refractivity contribution in [2.24, 2.45) is 0 Å². The van der Waals surface area contributed by atoms with Crippen LogP contribution in [0.3, 0.4) is 0 Å². The zero-order valence-electron chi connectivity index (χ0n) is 13.3. The Morgan fingerprint density at radius 3 is 2.96 bits per heavy atom. The van der Waals surface area contributed by atoms with E-state index in [1.165, 1.54) is 11.0 Å². The molecule has 130 valence electrons. The van der Waals surface area contributed by atoms with Crippen LogP contribution < -0.4 is 0 Å². The molecule has 0 bridgehead atoms. The van der Waals surface area contributed by atoms with E-state index < -0.39 is 12.1 Å². The highest BCUT2D eigenvalue weighted by Gasteiger charge is 2.14. The standard InChI is InChI=1S/C16H19Cl2N3O3/c1-2-24-16(23)15-19-10-21(20-15)9-12(22)7-3-5-11-6-4-8-13(17)14(11)18/h4,6,8,10,12,22H,2-3,5,7,9H2,1H3. The first-order valence-electron chi connectivity index (χ1n) is 7.68. The first-order chi connectivity index (χ1) is 11.5. The fourth-order valence-electron chi connectivity index (χ4n) is 2.25. The van der Waals surface area contributed by atoms with Crippen molar-refractivity contribution >= 4 is 29.2 Å². The van der Waals surface area contributed by atoms with Gasteiger partial charge in [-0.2, -0.15) is 0 Å². The minimum absolute atomic E-state index is 0.00485. The number of nitrogens with zero attached hydrogens (tertiary/aromatic N) is 3. The van der Waals surface area contributed by atoms with Crippen molar-refractivity contribution in [2.45, 2.75) is 38.8 Å². The van der Waals surface area contributed by atoms with Crippen LogP contribution in [0.25, 0.3) is 0 Å². The van der Waals surface area contributed by atoms with E-state index in [-0.39, 0.29) is 19.0 Å². The number of rotatable bonds is 8. The highest BCUT2D eigenvalue weighted by molar-refractivity contribution is 6.42. The van der Waals surface area contributed by atoms with Crippen LogP contribution in [-0.2, 0) is 17.7 Å². The molecule has 1 atom stereocenters. The smallest absolute Gasteiger partial charge is 0.378 e. The van der Waals surface area contributed by atoms with Crippen molar-refractivity contribution in [1.82, 2.24) is 14.8 Å². The number of hydrogen-bond donors (Lipinski definition) is 1. The number of aromatic nitrogens is 3. The molecule has 1 N–H and O–H groups in total. The van der Waals surface area contributed by atoms with E-state index in [1.807, 2.05) is 12.1 Å². The lowest BCUT2D eigenvalue weighted by Gasteiger charge is -2.11. The van der Waals surface area contributed by atoms with Crippen LogP contribution in [0.2, 0.25) is 10.0 Å². The van der Waals surface area contributed by atoms with Gasteiger partial charge in [0, 0.05) is 0 Å². The van der Waals surface area contributed by atoms with Crippen molar-refractivity contribution in [3.05, 3.63) is 46.0 Å². The Morgan fingerprint density at radius 2 is 2.21 bits per heavy atom. The maximum atomic E-state index is 11.5. The number of hydrogen-bond acceptors (Lipinski definition) is 5. The minimum Gasteiger partial charge on any atom is -0.460 e. The van der Waals surface area contributed by atoms with Crippen molar-refractivity contribution in [2.75, 3.05) is 6.61 Å². The Hall–Kier alpha value is -1.63. The number of ether oxygens (including phenoxy) is 1. The summed E-state index contributed by atoms with van der Waals surface area (Å²) in [6.07, 6.45) is 2.85.